The van der Waals surface area contributed by atoms with Crippen LogP contribution in [0.2, 0.25) is 5.02 Å². The molecular formula is C24H21ClF3NO6. The maximum atomic E-state index is 14.2. The maximum Gasteiger partial charge on any atom is 0.511 e. The Morgan fingerprint density at radius 2 is 1.69 bits per heavy atom. The number of carbonyl (C=O) groups is 1. The van der Waals surface area contributed by atoms with Crippen molar-refractivity contribution in [1.29, 1.82) is 0 Å². The summed E-state index contributed by atoms with van der Waals surface area (Å²) in [6.07, 6.45) is -5.66. The molecule has 2 unspecified atom stereocenters. The first-order valence-corrected chi connectivity index (χ1v) is 10.5. The molecule has 2 aromatic carbocycles. The number of alkyl halides is 3. The van der Waals surface area contributed by atoms with Crippen molar-refractivity contribution in [1.82, 2.24) is 4.57 Å². The minimum absolute atomic E-state index is 0.0295. The second-order valence-electron chi connectivity index (χ2n) is 7.82. The van der Waals surface area contributed by atoms with Crippen LogP contribution < -0.4 is 15.0 Å². The lowest BCUT2D eigenvalue weighted by Crippen LogP contribution is -2.47. The summed E-state index contributed by atoms with van der Waals surface area (Å²) in [5, 5.41) is 19.7. The first kappa shape index (κ1) is 26.1. The van der Waals surface area contributed by atoms with Crippen molar-refractivity contribution in [2.24, 2.45) is 7.05 Å². The predicted molar refractivity (Wildman–Crippen MR) is 122 cm³/mol. The smallest absolute Gasteiger partial charge is 0.493 e. The van der Waals surface area contributed by atoms with Crippen LogP contribution in [-0.2, 0) is 12.6 Å². The molecule has 35 heavy (non-hydrogen) atoms. The fraction of sp³-hybridized carbons (Fsp3) is 0.250. The number of nitrogens with zero attached hydrogens (tertiary/aromatic N) is 1. The zero-order valence-electron chi connectivity index (χ0n) is 18.8. The molecule has 7 nitrogen and oxygen atoms in total. The average molecular weight is 512 g/mol. The molecular weight excluding hydrogens is 491 g/mol. The van der Waals surface area contributed by atoms with Gasteiger partial charge in [0.1, 0.15) is 0 Å². The highest BCUT2D eigenvalue weighted by Crippen LogP contribution is 2.50. The van der Waals surface area contributed by atoms with E-state index >= 15 is 0 Å². The van der Waals surface area contributed by atoms with Crippen molar-refractivity contribution in [3.05, 3.63) is 81.2 Å². The number of hydrogen-bond acceptors (Lipinski definition) is 5. The van der Waals surface area contributed by atoms with Gasteiger partial charge in [-0.25, -0.2) is 4.79 Å². The predicted octanol–water partition coefficient (Wildman–Crippen LogP) is 5.32. The van der Waals surface area contributed by atoms with E-state index in [0.29, 0.717) is 11.1 Å². The third kappa shape index (κ3) is 4.98. The second-order valence-corrected chi connectivity index (χ2v) is 8.23. The Hall–Kier alpha value is -3.50. The number of hydrogen-bond donors (Lipinski definition) is 2. The van der Waals surface area contributed by atoms with Crippen LogP contribution in [0.1, 0.15) is 24.0 Å². The number of aryl methyl sites for hydroxylation is 1. The van der Waals surface area contributed by atoms with Gasteiger partial charge in [-0.2, -0.15) is 13.2 Å². The van der Waals surface area contributed by atoms with E-state index in [1.165, 1.54) is 57.5 Å². The monoisotopic (exact) mass is 511 g/mol. The molecule has 0 bridgehead atoms. The summed E-state index contributed by atoms with van der Waals surface area (Å²) >= 11 is 6.38. The summed E-state index contributed by atoms with van der Waals surface area (Å²) < 4.78 is 53.3. The summed E-state index contributed by atoms with van der Waals surface area (Å²) in [6, 6.07) is 10.6. The van der Waals surface area contributed by atoms with Gasteiger partial charge < -0.3 is 24.3 Å². The number of pyridine rings is 1. The number of carboxylic acid groups (broad SMARTS) is 1. The molecule has 0 aliphatic carbocycles. The fourth-order valence-corrected chi connectivity index (χ4v) is 4.13. The summed E-state index contributed by atoms with van der Waals surface area (Å²) in [6.45, 7) is 1.19. The SMILES string of the molecule is COc1cc(-c2ccc(C(C)C(O)(c3ccc(=O)n(C)c3)C(F)(F)F)c(Cl)c2)ccc1OC(=O)O. The Labute approximate surface area is 202 Å². The Balaban J connectivity index is 2.05. The van der Waals surface area contributed by atoms with Crippen LogP contribution in [0.15, 0.2) is 59.5 Å². The number of aliphatic hydroxyl groups is 1. The molecule has 0 fully saturated rings. The Morgan fingerprint density at radius 1 is 1.06 bits per heavy atom. The van der Waals surface area contributed by atoms with Gasteiger partial charge in [-0.15, -0.1) is 0 Å². The molecule has 3 aromatic rings. The molecule has 0 radical (unpaired) electrons. The molecule has 2 atom stereocenters. The van der Waals surface area contributed by atoms with Crippen molar-refractivity contribution >= 4 is 17.8 Å². The molecule has 0 aliphatic heterocycles. The highest BCUT2D eigenvalue weighted by molar-refractivity contribution is 6.31. The topological polar surface area (TPSA) is 98.0 Å². The van der Waals surface area contributed by atoms with Gasteiger partial charge in [0.15, 0.2) is 17.1 Å². The van der Waals surface area contributed by atoms with Crippen LogP contribution in [-0.4, -0.2) is 34.2 Å². The van der Waals surface area contributed by atoms with E-state index in [2.05, 4.69) is 4.74 Å². The zero-order chi connectivity index (χ0) is 26.1. The van der Waals surface area contributed by atoms with Crippen LogP contribution >= 0.6 is 11.6 Å². The molecule has 1 heterocycles. The molecule has 0 saturated carbocycles. The second kappa shape index (κ2) is 9.63. The number of ether oxygens (including phenoxy) is 2. The zero-order valence-corrected chi connectivity index (χ0v) is 19.5. The van der Waals surface area contributed by atoms with E-state index in [0.717, 1.165) is 22.9 Å². The third-order valence-corrected chi connectivity index (χ3v) is 6.07. The lowest BCUT2D eigenvalue weighted by atomic mass is 9.78. The maximum absolute atomic E-state index is 14.2. The summed E-state index contributed by atoms with van der Waals surface area (Å²) in [5.41, 5.74) is -3.29. The van der Waals surface area contributed by atoms with E-state index < -0.39 is 35.0 Å². The number of aromatic nitrogens is 1. The molecule has 186 valence electrons. The molecule has 2 N–H and O–H groups in total. The van der Waals surface area contributed by atoms with Crippen molar-refractivity contribution in [3.8, 4) is 22.6 Å². The minimum Gasteiger partial charge on any atom is -0.493 e. The normalized spacial score (nSPS) is 14.2. The van der Waals surface area contributed by atoms with Crippen molar-refractivity contribution in [3.63, 3.8) is 0 Å². The van der Waals surface area contributed by atoms with E-state index in [-0.39, 0.29) is 22.1 Å². The van der Waals surface area contributed by atoms with Gasteiger partial charge >= 0.3 is 12.3 Å². The van der Waals surface area contributed by atoms with E-state index in [4.69, 9.17) is 21.4 Å². The lowest BCUT2D eigenvalue weighted by Gasteiger charge is -2.37. The Kier molecular flexibility index (Phi) is 7.18. The van der Waals surface area contributed by atoms with Crippen LogP contribution in [0.4, 0.5) is 18.0 Å². The van der Waals surface area contributed by atoms with Crippen LogP contribution in [0.25, 0.3) is 11.1 Å². The molecule has 0 spiro atoms. The first-order valence-electron chi connectivity index (χ1n) is 10.1. The largest absolute Gasteiger partial charge is 0.511 e. The van der Waals surface area contributed by atoms with Crippen LogP contribution in [0.3, 0.4) is 0 Å². The highest BCUT2D eigenvalue weighted by Gasteiger charge is 2.59. The quantitative estimate of drug-likeness (QED) is 0.343. The summed E-state index contributed by atoms with van der Waals surface area (Å²) in [7, 11) is 2.61. The van der Waals surface area contributed by atoms with E-state index in [1.54, 1.807) is 0 Å². The van der Waals surface area contributed by atoms with Crippen molar-refractivity contribution in [2.75, 3.05) is 7.11 Å². The van der Waals surface area contributed by atoms with E-state index in [9.17, 15) is 27.9 Å². The molecule has 0 amide bonds. The number of rotatable bonds is 6. The van der Waals surface area contributed by atoms with Gasteiger partial charge in [-0.05, 0) is 41.0 Å². The average Bonchev–Trinajstić information content (AvgIpc) is 2.79. The third-order valence-electron chi connectivity index (χ3n) is 5.75. The van der Waals surface area contributed by atoms with Gasteiger partial charge in [0.25, 0.3) is 0 Å². The van der Waals surface area contributed by atoms with Crippen molar-refractivity contribution < 1.29 is 37.7 Å². The molecule has 3 rings (SSSR count). The standard InChI is InChI=1S/C24H21ClF3NO6/c1-13(23(33,24(26,27)28)16-6-9-21(30)29(2)12-16)17-7-4-14(10-18(17)25)15-5-8-19(35-22(31)32)20(11-15)34-3/h4-13,33H,1-3H3,(H,31,32). The molecule has 0 aliphatic rings. The highest BCUT2D eigenvalue weighted by atomic mass is 35.5. The lowest BCUT2D eigenvalue weighted by molar-refractivity contribution is -0.274. The van der Waals surface area contributed by atoms with Gasteiger partial charge in [0.2, 0.25) is 5.56 Å². The van der Waals surface area contributed by atoms with Gasteiger partial charge in [-0.1, -0.05) is 36.7 Å². The Morgan fingerprint density at radius 3 is 2.23 bits per heavy atom. The van der Waals surface area contributed by atoms with Crippen LogP contribution in [0, 0.1) is 0 Å². The number of benzene rings is 2. The van der Waals surface area contributed by atoms with Gasteiger partial charge in [-0.3, -0.25) is 4.79 Å². The first-order chi connectivity index (χ1) is 16.3. The van der Waals surface area contributed by atoms with Gasteiger partial charge in [0, 0.05) is 35.8 Å². The van der Waals surface area contributed by atoms with Gasteiger partial charge in [0.05, 0.1) is 7.11 Å². The number of methoxy groups -OCH3 is 1. The number of halogens is 4. The van der Waals surface area contributed by atoms with Crippen molar-refractivity contribution in [2.45, 2.75) is 24.6 Å². The fourth-order valence-electron chi connectivity index (χ4n) is 3.79. The minimum atomic E-state index is -5.08. The Bertz CT molecular complexity index is 1320. The van der Waals surface area contributed by atoms with Crippen LogP contribution in [0.5, 0.6) is 11.5 Å². The summed E-state index contributed by atoms with van der Waals surface area (Å²) in [5.74, 6) is -1.45. The molecule has 11 heteroatoms. The summed E-state index contributed by atoms with van der Waals surface area (Å²) in [4.78, 5) is 22.5. The van der Waals surface area contributed by atoms with E-state index in [1.807, 2.05) is 0 Å². The molecule has 0 saturated heterocycles. The molecule has 1 aromatic heterocycles.